The second-order valence-electron chi connectivity index (χ2n) is 5.56. The summed E-state index contributed by atoms with van der Waals surface area (Å²) in [6.45, 7) is 6.22. The predicted molar refractivity (Wildman–Crippen MR) is 84.5 cm³/mol. The number of hydrogen-bond acceptors (Lipinski definition) is 2. The third-order valence-electron chi connectivity index (χ3n) is 4.05. The van der Waals surface area contributed by atoms with Gasteiger partial charge in [-0.1, -0.05) is 23.8 Å². The number of fused-ring (bicyclic) bond motifs is 2. The van der Waals surface area contributed by atoms with Gasteiger partial charge >= 0.3 is 0 Å². The average Bonchev–Trinajstić information content (AvgIpc) is 3.01. The molecule has 103 valence electrons. The van der Waals surface area contributed by atoms with E-state index >= 15 is 0 Å². The third kappa shape index (κ3) is 1.72. The molecule has 0 aliphatic rings. The van der Waals surface area contributed by atoms with E-state index in [0.717, 1.165) is 33.4 Å². The molecule has 0 aliphatic heterocycles. The van der Waals surface area contributed by atoms with E-state index in [1.54, 1.807) is 0 Å². The maximum atomic E-state index is 6.12. The Morgan fingerprint density at radius 3 is 2.67 bits per heavy atom. The fourth-order valence-corrected chi connectivity index (χ4v) is 2.97. The highest BCUT2D eigenvalue weighted by atomic mass is 16.3. The van der Waals surface area contributed by atoms with Gasteiger partial charge < -0.3 is 8.83 Å². The van der Waals surface area contributed by atoms with Crippen LogP contribution in [0, 0.1) is 27.0 Å². The Morgan fingerprint density at radius 1 is 0.952 bits per heavy atom. The van der Waals surface area contributed by atoms with E-state index in [9.17, 15) is 0 Å². The molecular formula is C19H15O2. The van der Waals surface area contributed by atoms with Crippen molar-refractivity contribution in [2.75, 3.05) is 0 Å². The Labute approximate surface area is 123 Å². The van der Waals surface area contributed by atoms with Gasteiger partial charge in [-0.15, -0.1) is 0 Å². The van der Waals surface area contributed by atoms with Crippen LogP contribution < -0.4 is 0 Å². The molecule has 4 aromatic rings. The lowest BCUT2D eigenvalue weighted by Crippen LogP contribution is -1.81. The molecule has 0 spiro atoms. The molecule has 0 saturated heterocycles. The third-order valence-corrected chi connectivity index (χ3v) is 4.05. The van der Waals surface area contributed by atoms with Crippen LogP contribution in [0.15, 0.2) is 45.2 Å². The van der Waals surface area contributed by atoms with Crippen molar-refractivity contribution < 1.29 is 8.83 Å². The van der Waals surface area contributed by atoms with E-state index < -0.39 is 0 Å². The molecule has 1 radical (unpaired) electrons. The van der Waals surface area contributed by atoms with Crippen molar-refractivity contribution in [1.29, 1.82) is 0 Å². The fraction of sp³-hybridized carbons (Fsp3) is 0.158. The highest BCUT2D eigenvalue weighted by molar-refractivity contribution is 5.99. The SMILES string of the molecule is Cc1ccc2oc(-c3cccc4o[c]c(C)c34)c(C)c2c1. The van der Waals surface area contributed by atoms with E-state index in [1.165, 1.54) is 16.5 Å². The molecule has 4 rings (SSSR count). The van der Waals surface area contributed by atoms with Crippen LogP contribution in [0.2, 0.25) is 0 Å². The molecule has 2 aromatic heterocycles. The number of rotatable bonds is 1. The molecule has 0 saturated carbocycles. The minimum Gasteiger partial charge on any atom is -0.456 e. The maximum absolute atomic E-state index is 6.12. The van der Waals surface area contributed by atoms with E-state index in [4.69, 9.17) is 8.83 Å². The summed E-state index contributed by atoms with van der Waals surface area (Å²) >= 11 is 0. The highest BCUT2D eigenvalue weighted by Crippen LogP contribution is 2.38. The van der Waals surface area contributed by atoms with Crippen molar-refractivity contribution >= 4 is 21.9 Å². The Kier molecular flexibility index (Phi) is 2.49. The van der Waals surface area contributed by atoms with Gasteiger partial charge in [0.25, 0.3) is 0 Å². The Hall–Kier alpha value is -2.48. The molecule has 0 unspecified atom stereocenters. The van der Waals surface area contributed by atoms with Gasteiger partial charge in [0.05, 0.1) is 0 Å². The van der Waals surface area contributed by atoms with E-state index in [0.29, 0.717) is 0 Å². The summed E-state index contributed by atoms with van der Waals surface area (Å²) in [7, 11) is 0. The van der Waals surface area contributed by atoms with Gasteiger partial charge in [-0.05, 0) is 39.0 Å². The predicted octanol–water partition coefficient (Wildman–Crippen LogP) is 5.57. The van der Waals surface area contributed by atoms with Gasteiger partial charge in [-0.3, -0.25) is 0 Å². The summed E-state index contributed by atoms with van der Waals surface area (Å²) in [5.74, 6) is 0.916. The quantitative estimate of drug-likeness (QED) is 0.454. The summed E-state index contributed by atoms with van der Waals surface area (Å²) in [6.07, 6.45) is 2.93. The average molecular weight is 275 g/mol. The van der Waals surface area contributed by atoms with Crippen molar-refractivity contribution in [3.05, 3.63) is 59.4 Å². The maximum Gasteiger partial charge on any atom is 0.173 e. The van der Waals surface area contributed by atoms with Crippen molar-refractivity contribution in [3.63, 3.8) is 0 Å². The fourth-order valence-electron chi connectivity index (χ4n) is 2.97. The number of furan rings is 2. The smallest absolute Gasteiger partial charge is 0.173 e. The van der Waals surface area contributed by atoms with Gasteiger partial charge in [0, 0.05) is 27.5 Å². The zero-order valence-electron chi connectivity index (χ0n) is 12.3. The van der Waals surface area contributed by atoms with Crippen LogP contribution in [0.4, 0.5) is 0 Å². The zero-order chi connectivity index (χ0) is 14.6. The van der Waals surface area contributed by atoms with Crippen molar-refractivity contribution in [3.8, 4) is 11.3 Å². The van der Waals surface area contributed by atoms with Crippen LogP contribution in [0.1, 0.15) is 16.7 Å². The van der Waals surface area contributed by atoms with E-state index in [-0.39, 0.29) is 0 Å². The first kappa shape index (κ1) is 12.3. The normalized spacial score (nSPS) is 11.6. The van der Waals surface area contributed by atoms with Crippen LogP contribution in [0.3, 0.4) is 0 Å². The van der Waals surface area contributed by atoms with Crippen molar-refractivity contribution in [2.45, 2.75) is 20.8 Å². The summed E-state index contributed by atoms with van der Waals surface area (Å²) in [4.78, 5) is 0. The van der Waals surface area contributed by atoms with Gasteiger partial charge in [-0.25, -0.2) is 0 Å². The summed E-state index contributed by atoms with van der Waals surface area (Å²) < 4.78 is 11.6. The largest absolute Gasteiger partial charge is 0.456 e. The molecule has 0 aliphatic carbocycles. The van der Waals surface area contributed by atoms with Crippen molar-refractivity contribution in [2.24, 2.45) is 0 Å². The number of aryl methyl sites for hydroxylation is 3. The van der Waals surface area contributed by atoms with Gasteiger partial charge in [0.2, 0.25) is 0 Å². The van der Waals surface area contributed by atoms with E-state index in [2.05, 4.69) is 38.3 Å². The molecule has 2 nitrogen and oxygen atoms in total. The van der Waals surface area contributed by atoms with Crippen LogP contribution in [0.5, 0.6) is 0 Å². The summed E-state index contributed by atoms with van der Waals surface area (Å²) in [6, 6.07) is 12.3. The first-order valence-corrected chi connectivity index (χ1v) is 7.05. The monoisotopic (exact) mass is 275 g/mol. The van der Waals surface area contributed by atoms with Gasteiger partial charge in [0.1, 0.15) is 16.9 Å². The molecule has 21 heavy (non-hydrogen) atoms. The second-order valence-corrected chi connectivity index (χ2v) is 5.56. The Bertz CT molecular complexity index is 970. The molecule has 2 heterocycles. The van der Waals surface area contributed by atoms with Gasteiger partial charge in [-0.2, -0.15) is 0 Å². The van der Waals surface area contributed by atoms with Gasteiger partial charge in [0.15, 0.2) is 6.26 Å². The molecular weight excluding hydrogens is 260 g/mol. The molecule has 2 aromatic carbocycles. The first-order chi connectivity index (χ1) is 10.1. The van der Waals surface area contributed by atoms with Crippen LogP contribution in [-0.4, -0.2) is 0 Å². The molecule has 0 N–H and O–H groups in total. The van der Waals surface area contributed by atoms with Crippen LogP contribution >= 0.6 is 0 Å². The lowest BCUT2D eigenvalue weighted by Gasteiger charge is -2.01. The lowest BCUT2D eigenvalue weighted by atomic mass is 10.0. The van der Waals surface area contributed by atoms with Crippen LogP contribution in [-0.2, 0) is 0 Å². The minimum atomic E-state index is 0.848. The lowest BCUT2D eigenvalue weighted by molar-refractivity contribution is 0.602. The van der Waals surface area contributed by atoms with Crippen LogP contribution in [0.25, 0.3) is 33.3 Å². The molecule has 0 amide bonds. The summed E-state index contributed by atoms with van der Waals surface area (Å²) in [5.41, 5.74) is 6.26. The standard InChI is InChI=1S/C19H15O2/c1-11-7-8-16-15(9-11)13(3)19(21-16)14-5-4-6-17-18(14)12(2)10-20-17/h4-9H,1-3H3. The first-order valence-electron chi connectivity index (χ1n) is 7.05. The van der Waals surface area contributed by atoms with E-state index in [1.807, 2.05) is 25.1 Å². The number of hydrogen-bond donors (Lipinski definition) is 0. The topological polar surface area (TPSA) is 26.3 Å². The minimum absolute atomic E-state index is 0.848. The Morgan fingerprint density at radius 2 is 1.81 bits per heavy atom. The number of benzene rings is 2. The van der Waals surface area contributed by atoms with Crippen molar-refractivity contribution in [1.82, 2.24) is 0 Å². The zero-order valence-corrected chi connectivity index (χ0v) is 12.3. The summed E-state index contributed by atoms with van der Waals surface area (Å²) in [5, 5.41) is 2.25. The molecule has 0 bridgehead atoms. The Balaban J connectivity index is 2.09. The molecule has 0 atom stereocenters. The highest BCUT2D eigenvalue weighted by Gasteiger charge is 2.17. The second kappa shape index (κ2) is 4.26. The molecule has 2 heteroatoms. The molecule has 0 fully saturated rings.